The van der Waals surface area contributed by atoms with E-state index in [-0.39, 0.29) is 11.2 Å². The molecule has 0 saturated carbocycles. The van der Waals surface area contributed by atoms with Gasteiger partial charge in [-0.15, -0.1) is 6.42 Å². The first-order valence-electron chi connectivity index (χ1n) is 13.0. The van der Waals surface area contributed by atoms with Crippen LogP contribution in [0.3, 0.4) is 0 Å². The number of morpholine rings is 1. The summed E-state index contributed by atoms with van der Waals surface area (Å²) in [6, 6.07) is 12.6. The molecule has 36 heavy (non-hydrogen) atoms. The summed E-state index contributed by atoms with van der Waals surface area (Å²) in [5.41, 5.74) is 7.95. The minimum atomic E-state index is -0.307. The molecule has 0 unspecified atom stereocenters. The third kappa shape index (κ3) is 3.50. The van der Waals surface area contributed by atoms with E-state index in [2.05, 4.69) is 41.7 Å². The van der Waals surface area contributed by atoms with E-state index in [9.17, 15) is 10.1 Å². The Kier molecular flexibility index (Phi) is 5.52. The van der Waals surface area contributed by atoms with Gasteiger partial charge in [0.2, 0.25) is 0 Å². The molecule has 182 valence electrons. The van der Waals surface area contributed by atoms with Gasteiger partial charge in [-0.3, -0.25) is 9.69 Å². The number of carbonyl (C=O) groups excluding carboxylic acids is 1. The highest BCUT2D eigenvalue weighted by molar-refractivity contribution is 6.33. The Morgan fingerprint density at radius 2 is 1.81 bits per heavy atom. The SMILES string of the molecule is C#Cc1cc2c(cc1N1CCC(N3CCOCC3)CC1)C(C)(C)C1=C(C2=O)c2ccc(C#N)cc2C1. The molecule has 0 spiro atoms. The van der Waals surface area contributed by atoms with Gasteiger partial charge in [0.1, 0.15) is 0 Å². The average molecular weight is 478 g/mol. The van der Waals surface area contributed by atoms with Gasteiger partial charge in [-0.2, -0.15) is 5.26 Å². The third-order valence-electron chi connectivity index (χ3n) is 8.73. The number of hydrogen-bond acceptors (Lipinski definition) is 5. The molecule has 0 aromatic heterocycles. The maximum Gasteiger partial charge on any atom is 0.193 e. The zero-order chi connectivity index (χ0) is 25.0. The van der Waals surface area contributed by atoms with E-state index < -0.39 is 0 Å². The van der Waals surface area contributed by atoms with Crippen molar-refractivity contribution < 1.29 is 9.53 Å². The molecule has 4 aliphatic rings. The summed E-state index contributed by atoms with van der Waals surface area (Å²) in [4.78, 5) is 18.8. The van der Waals surface area contributed by atoms with Crippen LogP contribution in [0, 0.1) is 23.7 Å². The standard InChI is InChI=1S/C31H31N3O2/c1-4-21-16-25-26(18-28(21)34-9-7-23(8-10-34)33-11-13-36-14-12-33)31(2,3)27-17-22-15-20(19-32)5-6-24(22)29(27)30(25)35/h1,5-6,15-16,18,23H,7-14,17H2,2-3H3. The number of nitrogens with zero attached hydrogens (tertiary/aromatic N) is 3. The number of Topliss-reactive ketones (excluding diaryl/α,β-unsaturated/α-hetero) is 1. The van der Waals surface area contributed by atoms with Crippen LogP contribution in [0.15, 0.2) is 35.9 Å². The second-order valence-electron chi connectivity index (χ2n) is 10.9. The van der Waals surface area contributed by atoms with Gasteiger partial charge in [0, 0.05) is 54.3 Å². The monoisotopic (exact) mass is 477 g/mol. The first-order valence-corrected chi connectivity index (χ1v) is 13.0. The lowest BCUT2D eigenvalue weighted by Gasteiger charge is -2.42. The van der Waals surface area contributed by atoms with Crippen LogP contribution in [0.4, 0.5) is 5.69 Å². The van der Waals surface area contributed by atoms with E-state index in [4.69, 9.17) is 11.2 Å². The van der Waals surface area contributed by atoms with E-state index in [1.54, 1.807) is 6.07 Å². The first-order chi connectivity index (χ1) is 17.4. The number of hydrogen-bond donors (Lipinski definition) is 0. The Hall–Kier alpha value is -3.38. The number of terminal acetylenes is 1. The van der Waals surface area contributed by atoms with Gasteiger partial charge in [0.15, 0.2) is 5.78 Å². The summed E-state index contributed by atoms with van der Waals surface area (Å²) in [7, 11) is 0. The topological polar surface area (TPSA) is 56.6 Å². The van der Waals surface area contributed by atoms with E-state index in [1.807, 2.05) is 18.2 Å². The fourth-order valence-corrected chi connectivity index (χ4v) is 6.67. The van der Waals surface area contributed by atoms with E-state index in [1.165, 1.54) is 0 Å². The molecule has 2 saturated heterocycles. The molecular formula is C31H31N3O2. The van der Waals surface area contributed by atoms with Crippen LogP contribution in [-0.4, -0.2) is 56.1 Å². The number of ketones is 1. The van der Waals surface area contributed by atoms with E-state index >= 15 is 0 Å². The van der Waals surface area contributed by atoms with Crippen LogP contribution in [0.5, 0.6) is 0 Å². The Labute approximate surface area is 213 Å². The molecule has 2 fully saturated rings. The molecule has 6 rings (SSSR count). The van der Waals surface area contributed by atoms with Gasteiger partial charge >= 0.3 is 0 Å². The maximum absolute atomic E-state index is 13.9. The van der Waals surface area contributed by atoms with Crippen molar-refractivity contribution in [2.75, 3.05) is 44.3 Å². The van der Waals surface area contributed by atoms with Gasteiger partial charge < -0.3 is 9.64 Å². The summed E-state index contributed by atoms with van der Waals surface area (Å²) in [5, 5.41) is 9.36. The van der Waals surface area contributed by atoms with Crippen molar-refractivity contribution in [3.05, 3.63) is 69.3 Å². The van der Waals surface area contributed by atoms with Gasteiger partial charge in [0.05, 0.1) is 30.5 Å². The Morgan fingerprint density at radius 1 is 1.06 bits per heavy atom. The zero-order valence-electron chi connectivity index (χ0n) is 21.1. The second kappa shape index (κ2) is 8.63. The highest BCUT2D eigenvalue weighted by atomic mass is 16.5. The Bertz CT molecular complexity index is 1370. The van der Waals surface area contributed by atoms with Gasteiger partial charge in [-0.25, -0.2) is 0 Å². The number of rotatable bonds is 2. The van der Waals surface area contributed by atoms with Crippen molar-refractivity contribution in [1.82, 2.24) is 4.90 Å². The number of nitriles is 1. The smallest absolute Gasteiger partial charge is 0.193 e. The summed E-state index contributed by atoms with van der Waals surface area (Å²) in [6.45, 7) is 10.0. The molecule has 5 nitrogen and oxygen atoms in total. The fourth-order valence-electron chi connectivity index (χ4n) is 6.67. The molecule has 5 heteroatoms. The molecule has 0 radical (unpaired) electrons. The van der Waals surface area contributed by atoms with Gasteiger partial charge in [-0.05, 0) is 65.8 Å². The molecule has 2 aliphatic heterocycles. The number of fused-ring (bicyclic) bond motifs is 3. The number of anilines is 1. The summed E-state index contributed by atoms with van der Waals surface area (Å²) in [6.07, 6.45) is 8.93. The Balaban J connectivity index is 1.34. The van der Waals surface area contributed by atoms with Crippen molar-refractivity contribution in [1.29, 1.82) is 5.26 Å². The number of ether oxygens (including phenoxy) is 1. The van der Waals surface area contributed by atoms with Crippen LogP contribution < -0.4 is 4.90 Å². The number of carbonyl (C=O) groups is 1. The Morgan fingerprint density at radius 3 is 2.50 bits per heavy atom. The molecule has 2 aromatic carbocycles. The lowest BCUT2D eigenvalue weighted by molar-refractivity contribution is 0.0115. The van der Waals surface area contributed by atoms with Crippen LogP contribution in [0.25, 0.3) is 5.57 Å². The normalized spacial score (nSPS) is 21.4. The molecule has 2 aromatic rings. The van der Waals surface area contributed by atoms with Gasteiger partial charge in [-0.1, -0.05) is 25.8 Å². The lowest BCUT2D eigenvalue weighted by atomic mass is 9.68. The number of benzene rings is 2. The van der Waals surface area contributed by atoms with Crippen LogP contribution in [0.2, 0.25) is 0 Å². The third-order valence-corrected chi connectivity index (χ3v) is 8.73. The molecule has 2 heterocycles. The van der Waals surface area contributed by atoms with Crippen molar-refractivity contribution in [3.63, 3.8) is 0 Å². The number of allylic oxidation sites excluding steroid dienone is 2. The highest BCUT2D eigenvalue weighted by Gasteiger charge is 2.43. The van der Waals surface area contributed by atoms with Crippen LogP contribution in [-0.2, 0) is 16.6 Å². The predicted octanol–water partition coefficient (Wildman–Crippen LogP) is 4.32. The minimum absolute atomic E-state index is 0.0526. The molecule has 2 aliphatic carbocycles. The summed E-state index contributed by atoms with van der Waals surface area (Å²) < 4.78 is 5.53. The predicted molar refractivity (Wildman–Crippen MR) is 141 cm³/mol. The van der Waals surface area contributed by atoms with Gasteiger partial charge in [0.25, 0.3) is 0 Å². The molecular weight excluding hydrogens is 446 g/mol. The summed E-state index contributed by atoms with van der Waals surface area (Å²) >= 11 is 0. The molecule has 0 N–H and O–H groups in total. The highest BCUT2D eigenvalue weighted by Crippen LogP contribution is 2.51. The van der Waals surface area contributed by atoms with E-state index in [0.717, 1.165) is 96.9 Å². The molecule has 0 bridgehead atoms. The zero-order valence-corrected chi connectivity index (χ0v) is 21.1. The summed E-state index contributed by atoms with van der Waals surface area (Å²) in [5.74, 6) is 2.94. The fraction of sp³-hybridized carbons (Fsp3) is 0.419. The maximum atomic E-state index is 13.9. The minimum Gasteiger partial charge on any atom is -0.379 e. The molecule has 0 amide bonds. The van der Waals surface area contributed by atoms with Crippen LogP contribution >= 0.6 is 0 Å². The van der Waals surface area contributed by atoms with Crippen molar-refractivity contribution in [2.24, 2.45) is 0 Å². The van der Waals surface area contributed by atoms with Crippen LogP contribution in [0.1, 0.15) is 64.9 Å². The van der Waals surface area contributed by atoms with Crippen molar-refractivity contribution in [3.8, 4) is 18.4 Å². The van der Waals surface area contributed by atoms with E-state index in [0.29, 0.717) is 18.0 Å². The quantitative estimate of drug-likeness (QED) is 0.603. The number of piperidine rings is 1. The molecule has 0 atom stereocenters. The lowest BCUT2D eigenvalue weighted by Crippen LogP contribution is -2.49. The van der Waals surface area contributed by atoms with Crippen molar-refractivity contribution >= 4 is 17.0 Å². The largest absolute Gasteiger partial charge is 0.379 e. The first kappa shape index (κ1) is 23.0. The van der Waals surface area contributed by atoms with Crippen molar-refractivity contribution in [2.45, 2.75) is 44.6 Å². The average Bonchev–Trinajstić information content (AvgIpc) is 3.32. The second-order valence-corrected chi connectivity index (χ2v) is 10.9.